The first-order valence-corrected chi connectivity index (χ1v) is 5.72. The van der Waals surface area contributed by atoms with E-state index >= 15 is 0 Å². The topological polar surface area (TPSA) is 74.0 Å². The van der Waals surface area contributed by atoms with Crippen LogP contribution in [-0.4, -0.2) is 28.7 Å². The van der Waals surface area contributed by atoms with E-state index in [4.69, 9.17) is 16.3 Å². The molecule has 0 aromatic carbocycles. The summed E-state index contributed by atoms with van der Waals surface area (Å²) < 4.78 is 6.55. The molecule has 0 bridgehead atoms. The van der Waals surface area contributed by atoms with E-state index in [1.807, 2.05) is 0 Å². The maximum Gasteiger partial charge on any atom is 1.00 e. The third-order valence-corrected chi connectivity index (χ3v) is 3.42. The molecule has 5 nitrogen and oxygen atoms in total. The molecule has 0 spiro atoms. The number of rotatable bonds is 2. The molecule has 2 aromatic heterocycles. The van der Waals surface area contributed by atoms with E-state index < -0.39 is 11.6 Å². The number of carboxylic acid groups (broad SMARTS) is 1. The molecule has 1 aliphatic heterocycles. The normalized spacial score (nSPS) is 16.7. The summed E-state index contributed by atoms with van der Waals surface area (Å²) in [5.74, 6) is -1.32. The fourth-order valence-corrected chi connectivity index (χ4v) is 2.44. The molecule has 7 heteroatoms. The predicted molar refractivity (Wildman–Crippen MR) is 61.5 cm³/mol. The largest absolute Gasteiger partial charge is 1.00 e. The number of nitrogens with zero attached hydrogens (tertiary/aromatic N) is 1. The molecule has 3 heterocycles. The van der Waals surface area contributed by atoms with Crippen molar-refractivity contribution in [1.29, 1.82) is 0 Å². The Hall–Kier alpha value is -0.560. The van der Waals surface area contributed by atoms with Gasteiger partial charge in [0.2, 0.25) is 0 Å². The third-order valence-electron chi connectivity index (χ3n) is 3.12. The Morgan fingerprint density at radius 3 is 2.74 bits per heavy atom. The summed E-state index contributed by atoms with van der Waals surface area (Å²) in [5.41, 5.74) is -0.419. The number of hydrogen-bond acceptors (Lipinski definition) is 4. The zero-order chi connectivity index (χ0) is 12.9. The number of carbonyl (C=O) groups is 1. The molecule has 0 atom stereocenters. The van der Waals surface area contributed by atoms with Gasteiger partial charge in [-0.1, -0.05) is 11.6 Å². The van der Waals surface area contributed by atoms with E-state index in [1.54, 1.807) is 22.7 Å². The number of carbonyl (C=O) groups excluding carboxylic acids is 1. The maximum absolute atomic E-state index is 11.1. The summed E-state index contributed by atoms with van der Waals surface area (Å²) in [5, 5.41) is 21.7. The number of aromatic nitrogens is 1. The van der Waals surface area contributed by atoms with Gasteiger partial charge in [0.15, 0.2) is 5.60 Å². The molecular formula is C12H9ClNNaO4. The van der Waals surface area contributed by atoms with Crippen LogP contribution in [0.3, 0.4) is 0 Å². The number of ether oxygens (including phenoxy) is 1. The fourth-order valence-electron chi connectivity index (χ4n) is 2.17. The van der Waals surface area contributed by atoms with Crippen LogP contribution < -0.4 is 34.7 Å². The van der Waals surface area contributed by atoms with Gasteiger partial charge in [-0.25, -0.2) is 0 Å². The van der Waals surface area contributed by atoms with Gasteiger partial charge in [-0.15, -0.1) is 0 Å². The molecule has 1 aliphatic rings. The molecular weight excluding hydrogens is 281 g/mol. The van der Waals surface area contributed by atoms with Crippen LogP contribution in [0.5, 0.6) is 0 Å². The van der Waals surface area contributed by atoms with Crippen molar-refractivity contribution in [2.24, 2.45) is 0 Å². The van der Waals surface area contributed by atoms with E-state index in [9.17, 15) is 15.0 Å². The molecule has 0 radical (unpaired) electrons. The van der Waals surface area contributed by atoms with Crippen LogP contribution >= 0.6 is 11.6 Å². The van der Waals surface area contributed by atoms with Crippen LogP contribution in [0.15, 0.2) is 24.4 Å². The maximum atomic E-state index is 11.1. The van der Waals surface area contributed by atoms with Crippen molar-refractivity contribution in [3.8, 4) is 0 Å². The SMILES string of the molecule is O=C([O-])c1cc(C2(O)COC2)n2cccc(Cl)c12.[Na+]. The Bertz CT molecular complexity index is 650. The Labute approximate surface area is 136 Å². The van der Waals surface area contributed by atoms with Crippen molar-refractivity contribution < 1.29 is 49.3 Å². The zero-order valence-corrected chi connectivity index (χ0v) is 13.0. The number of aliphatic hydroxyl groups is 1. The Balaban J connectivity index is 0.00000133. The van der Waals surface area contributed by atoms with E-state index in [-0.39, 0.29) is 48.3 Å². The van der Waals surface area contributed by atoms with Gasteiger partial charge in [0.05, 0.1) is 35.4 Å². The quantitative estimate of drug-likeness (QED) is 0.605. The average Bonchev–Trinajstić information content (AvgIpc) is 2.67. The molecule has 3 rings (SSSR count). The molecule has 1 saturated heterocycles. The number of halogens is 1. The molecule has 1 N–H and O–H groups in total. The number of carboxylic acids is 1. The molecule has 0 unspecified atom stereocenters. The second-order valence-electron chi connectivity index (χ2n) is 4.33. The Kier molecular flexibility index (Phi) is 3.97. The second-order valence-corrected chi connectivity index (χ2v) is 4.74. The first kappa shape index (κ1) is 14.8. The minimum Gasteiger partial charge on any atom is -0.545 e. The molecule has 19 heavy (non-hydrogen) atoms. The van der Waals surface area contributed by atoms with Gasteiger partial charge >= 0.3 is 29.6 Å². The van der Waals surface area contributed by atoms with Crippen LogP contribution in [0.25, 0.3) is 5.52 Å². The summed E-state index contributed by atoms with van der Waals surface area (Å²) in [4.78, 5) is 11.1. The molecule has 0 saturated carbocycles. The number of pyridine rings is 1. The summed E-state index contributed by atoms with van der Waals surface area (Å²) in [6.07, 6.45) is 1.65. The average molecular weight is 290 g/mol. The Morgan fingerprint density at radius 1 is 1.53 bits per heavy atom. The minimum absolute atomic E-state index is 0. The predicted octanol–water partition coefficient (Wildman–Crippen LogP) is -2.82. The van der Waals surface area contributed by atoms with Gasteiger partial charge in [-0.05, 0) is 18.2 Å². The van der Waals surface area contributed by atoms with Gasteiger partial charge in [-0.2, -0.15) is 0 Å². The van der Waals surface area contributed by atoms with Crippen LogP contribution in [0.2, 0.25) is 5.02 Å². The van der Waals surface area contributed by atoms with Gasteiger partial charge < -0.3 is 24.1 Å². The van der Waals surface area contributed by atoms with E-state index in [0.29, 0.717) is 16.2 Å². The van der Waals surface area contributed by atoms with Crippen LogP contribution in [-0.2, 0) is 10.3 Å². The van der Waals surface area contributed by atoms with E-state index in [0.717, 1.165) is 0 Å². The first-order chi connectivity index (χ1) is 8.53. The molecule has 0 amide bonds. The van der Waals surface area contributed by atoms with Crippen molar-refractivity contribution in [3.05, 3.63) is 40.7 Å². The monoisotopic (exact) mass is 289 g/mol. The van der Waals surface area contributed by atoms with Crippen molar-refractivity contribution in [2.45, 2.75) is 5.60 Å². The van der Waals surface area contributed by atoms with Crippen LogP contribution in [0, 0.1) is 0 Å². The van der Waals surface area contributed by atoms with E-state index in [1.165, 1.54) is 6.07 Å². The Morgan fingerprint density at radius 2 is 2.21 bits per heavy atom. The van der Waals surface area contributed by atoms with Gasteiger partial charge in [0.1, 0.15) is 0 Å². The van der Waals surface area contributed by atoms with E-state index in [2.05, 4.69) is 0 Å². The summed E-state index contributed by atoms with van der Waals surface area (Å²) >= 11 is 6.01. The molecule has 1 fully saturated rings. The summed E-state index contributed by atoms with van der Waals surface area (Å²) in [6.45, 7) is 0.274. The van der Waals surface area contributed by atoms with Crippen molar-refractivity contribution in [1.82, 2.24) is 4.40 Å². The fraction of sp³-hybridized carbons (Fsp3) is 0.250. The van der Waals surface area contributed by atoms with Crippen LogP contribution in [0.4, 0.5) is 0 Å². The number of aromatic carboxylic acids is 1. The molecule has 94 valence electrons. The standard InChI is InChI=1S/C12H10ClNO4.Na/c13-8-2-1-3-14-9(12(17)5-18-6-12)4-7(10(8)14)11(15)16;/h1-4,17H,5-6H2,(H,15,16);/q;+1/p-1. The summed E-state index contributed by atoms with van der Waals surface area (Å²) in [6, 6.07) is 4.66. The zero-order valence-electron chi connectivity index (χ0n) is 10.2. The second kappa shape index (κ2) is 5.09. The molecule has 0 aliphatic carbocycles. The van der Waals surface area contributed by atoms with Gasteiger partial charge in [0.25, 0.3) is 0 Å². The third kappa shape index (κ3) is 2.20. The van der Waals surface area contributed by atoms with Crippen LogP contribution in [0.1, 0.15) is 16.1 Å². The van der Waals surface area contributed by atoms with Crippen molar-refractivity contribution >= 4 is 23.1 Å². The van der Waals surface area contributed by atoms with Crippen molar-refractivity contribution in [3.63, 3.8) is 0 Å². The smallest absolute Gasteiger partial charge is 0.545 e. The molecule has 2 aromatic rings. The number of hydrogen-bond donors (Lipinski definition) is 1. The van der Waals surface area contributed by atoms with Gasteiger partial charge in [0, 0.05) is 11.8 Å². The number of fused-ring (bicyclic) bond motifs is 1. The summed E-state index contributed by atoms with van der Waals surface area (Å²) in [7, 11) is 0. The minimum atomic E-state index is -1.32. The first-order valence-electron chi connectivity index (χ1n) is 5.34. The van der Waals surface area contributed by atoms with Crippen molar-refractivity contribution in [2.75, 3.05) is 13.2 Å². The van der Waals surface area contributed by atoms with Gasteiger partial charge in [-0.3, -0.25) is 0 Å².